The van der Waals surface area contributed by atoms with Crippen molar-refractivity contribution in [2.75, 3.05) is 32.5 Å². The molecular weight excluding hydrogens is 372 g/mol. The average molecular weight is 403 g/mol. The van der Waals surface area contributed by atoms with Gasteiger partial charge in [0.1, 0.15) is 11.9 Å². The molecule has 30 heavy (non-hydrogen) atoms. The predicted octanol–water partition coefficient (Wildman–Crippen LogP) is 4.35. The van der Waals surface area contributed by atoms with Crippen LogP contribution in [-0.2, 0) is 17.7 Å². The van der Waals surface area contributed by atoms with Gasteiger partial charge in [0.05, 0.1) is 11.8 Å². The van der Waals surface area contributed by atoms with Crippen LogP contribution >= 0.6 is 0 Å². The Labute approximate surface area is 178 Å². The molecule has 156 valence electrons. The van der Waals surface area contributed by atoms with Gasteiger partial charge in [-0.25, -0.2) is 4.98 Å². The molecule has 1 saturated heterocycles. The number of hydrogen-bond acceptors (Lipinski definition) is 4. The fourth-order valence-electron chi connectivity index (χ4n) is 4.75. The van der Waals surface area contributed by atoms with Gasteiger partial charge in [-0.15, -0.1) is 0 Å². The van der Waals surface area contributed by atoms with Crippen LogP contribution < -0.4 is 5.32 Å². The molecule has 0 spiro atoms. The molecule has 3 heterocycles. The standard InChI is InChI=1S/C25H30N4O/c1-26-22-10-6-9-21-20(22)13-16-29-17-23(18-7-4-3-5-8-18)27-25(29)24(21)30-19-11-14-28(2)15-12-19/h3-10,17,19,24,26H,11-16H2,1-2H3. The van der Waals surface area contributed by atoms with E-state index >= 15 is 0 Å². The number of piperidine rings is 1. The van der Waals surface area contributed by atoms with Crippen molar-refractivity contribution in [1.82, 2.24) is 14.5 Å². The third-order valence-electron chi connectivity index (χ3n) is 6.47. The van der Waals surface area contributed by atoms with Gasteiger partial charge in [0.15, 0.2) is 0 Å². The number of anilines is 1. The minimum Gasteiger partial charge on any atom is -0.388 e. The van der Waals surface area contributed by atoms with E-state index in [2.05, 4.69) is 70.5 Å². The van der Waals surface area contributed by atoms with Crippen molar-refractivity contribution in [3.05, 3.63) is 71.7 Å². The second kappa shape index (κ2) is 8.25. The van der Waals surface area contributed by atoms with Gasteiger partial charge in [0.2, 0.25) is 0 Å². The first kappa shape index (κ1) is 19.3. The van der Waals surface area contributed by atoms with Crippen LogP contribution in [0.4, 0.5) is 5.69 Å². The fraction of sp³-hybridized carbons (Fsp3) is 0.400. The molecule has 3 aromatic rings. The molecule has 0 radical (unpaired) electrons. The lowest BCUT2D eigenvalue weighted by Gasteiger charge is -2.32. The minimum atomic E-state index is -0.137. The lowest BCUT2D eigenvalue weighted by atomic mass is 9.98. The van der Waals surface area contributed by atoms with Gasteiger partial charge < -0.3 is 19.5 Å². The van der Waals surface area contributed by atoms with Gasteiger partial charge in [0, 0.05) is 44.1 Å². The van der Waals surface area contributed by atoms with Crippen LogP contribution in [0.3, 0.4) is 0 Å². The zero-order valence-electron chi connectivity index (χ0n) is 17.8. The molecular formula is C25H30N4O. The molecule has 2 aliphatic rings. The Morgan fingerprint density at radius 3 is 2.57 bits per heavy atom. The van der Waals surface area contributed by atoms with E-state index in [1.807, 2.05) is 13.1 Å². The molecule has 0 saturated carbocycles. The smallest absolute Gasteiger partial charge is 0.143 e. The summed E-state index contributed by atoms with van der Waals surface area (Å²) in [6.07, 6.45) is 5.43. The normalized spacial score (nSPS) is 19.7. The number of rotatable bonds is 4. The summed E-state index contributed by atoms with van der Waals surface area (Å²) in [5, 5.41) is 3.38. The Morgan fingerprint density at radius 2 is 1.80 bits per heavy atom. The lowest BCUT2D eigenvalue weighted by Crippen LogP contribution is -2.35. The minimum absolute atomic E-state index is 0.137. The molecule has 0 bridgehead atoms. The summed E-state index contributed by atoms with van der Waals surface area (Å²) >= 11 is 0. The number of hydrogen-bond donors (Lipinski definition) is 1. The molecule has 5 heteroatoms. The van der Waals surface area contributed by atoms with Crippen molar-refractivity contribution in [3.63, 3.8) is 0 Å². The summed E-state index contributed by atoms with van der Waals surface area (Å²) < 4.78 is 9.13. The van der Waals surface area contributed by atoms with Crippen LogP contribution in [0.15, 0.2) is 54.7 Å². The first-order valence-corrected chi connectivity index (χ1v) is 11.0. The quantitative estimate of drug-likeness (QED) is 0.705. The van der Waals surface area contributed by atoms with Gasteiger partial charge in [-0.05, 0) is 43.5 Å². The Kier molecular flexibility index (Phi) is 5.32. The number of ether oxygens (including phenoxy) is 1. The summed E-state index contributed by atoms with van der Waals surface area (Å²) in [6, 6.07) is 17.0. The first-order valence-electron chi connectivity index (χ1n) is 11.0. The maximum absolute atomic E-state index is 6.82. The first-order chi connectivity index (χ1) is 14.7. The largest absolute Gasteiger partial charge is 0.388 e. The van der Waals surface area contributed by atoms with Crippen LogP contribution in [0.2, 0.25) is 0 Å². The van der Waals surface area contributed by atoms with E-state index in [-0.39, 0.29) is 12.2 Å². The lowest BCUT2D eigenvalue weighted by molar-refractivity contribution is -0.0275. The van der Waals surface area contributed by atoms with Gasteiger partial charge in [0.25, 0.3) is 0 Å². The summed E-state index contributed by atoms with van der Waals surface area (Å²) in [6.45, 7) is 3.09. The molecule has 1 atom stereocenters. The molecule has 1 fully saturated rings. The highest BCUT2D eigenvalue weighted by atomic mass is 16.5. The zero-order valence-corrected chi connectivity index (χ0v) is 17.8. The van der Waals surface area contributed by atoms with Gasteiger partial charge in [-0.3, -0.25) is 0 Å². The van der Waals surface area contributed by atoms with Crippen LogP contribution in [0.25, 0.3) is 11.3 Å². The predicted molar refractivity (Wildman–Crippen MR) is 121 cm³/mol. The Balaban J connectivity index is 1.56. The Bertz CT molecular complexity index is 1010. The summed E-state index contributed by atoms with van der Waals surface area (Å²) in [5.74, 6) is 1.03. The van der Waals surface area contributed by atoms with Crippen LogP contribution in [0.1, 0.15) is 35.9 Å². The molecule has 5 nitrogen and oxygen atoms in total. The molecule has 0 amide bonds. The Morgan fingerprint density at radius 1 is 1.00 bits per heavy atom. The van der Waals surface area contributed by atoms with E-state index in [9.17, 15) is 0 Å². The topological polar surface area (TPSA) is 42.3 Å². The maximum Gasteiger partial charge on any atom is 0.143 e. The van der Waals surface area contributed by atoms with E-state index in [0.29, 0.717) is 0 Å². The number of imidazole rings is 1. The van der Waals surface area contributed by atoms with Crippen LogP contribution in [0, 0.1) is 0 Å². The third-order valence-corrected chi connectivity index (χ3v) is 6.47. The molecule has 0 aliphatic carbocycles. The summed E-state index contributed by atoms with van der Waals surface area (Å²) in [4.78, 5) is 7.49. The highest BCUT2D eigenvalue weighted by Gasteiger charge is 2.31. The number of nitrogens with one attached hydrogen (secondary N) is 1. The third kappa shape index (κ3) is 3.64. The molecule has 1 N–H and O–H groups in total. The highest BCUT2D eigenvalue weighted by Crippen LogP contribution is 2.38. The van der Waals surface area contributed by atoms with Crippen molar-refractivity contribution in [1.29, 1.82) is 0 Å². The number of aromatic nitrogens is 2. The van der Waals surface area contributed by atoms with Crippen LogP contribution in [-0.4, -0.2) is 47.7 Å². The van der Waals surface area contributed by atoms with Crippen LogP contribution in [0.5, 0.6) is 0 Å². The summed E-state index contributed by atoms with van der Waals surface area (Å²) in [5.41, 5.74) is 5.98. The van der Waals surface area contributed by atoms with E-state index in [1.54, 1.807) is 0 Å². The number of benzene rings is 2. The van der Waals surface area contributed by atoms with Crippen molar-refractivity contribution < 1.29 is 4.74 Å². The van der Waals surface area contributed by atoms with E-state index < -0.39 is 0 Å². The maximum atomic E-state index is 6.82. The van der Waals surface area contributed by atoms with Gasteiger partial charge in [-0.2, -0.15) is 0 Å². The van der Waals surface area contributed by atoms with Gasteiger partial charge >= 0.3 is 0 Å². The average Bonchev–Trinajstić information content (AvgIpc) is 3.16. The second-order valence-electron chi connectivity index (χ2n) is 8.44. The fourth-order valence-corrected chi connectivity index (χ4v) is 4.75. The van der Waals surface area contributed by atoms with E-state index in [1.165, 1.54) is 16.8 Å². The monoisotopic (exact) mass is 402 g/mol. The van der Waals surface area contributed by atoms with Gasteiger partial charge in [-0.1, -0.05) is 42.5 Å². The van der Waals surface area contributed by atoms with Crippen molar-refractivity contribution in [2.45, 2.75) is 38.0 Å². The zero-order chi connectivity index (χ0) is 20.5. The SMILES string of the molecule is CNc1cccc2c1CCn1cc(-c3ccccc3)nc1C2OC1CCN(C)CC1. The Hall–Kier alpha value is -2.63. The summed E-state index contributed by atoms with van der Waals surface area (Å²) in [7, 11) is 4.19. The van der Waals surface area contributed by atoms with Crippen molar-refractivity contribution >= 4 is 5.69 Å². The molecule has 1 unspecified atom stereocenters. The number of fused-ring (bicyclic) bond motifs is 2. The number of aryl methyl sites for hydroxylation is 1. The molecule has 5 rings (SSSR count). The van der Waals surface area contributed by atoms with E-state index in [0.717, 1.165) is 56.0 Å². The van der Waals surface area contributed by atoms with Crippen molar-refractivity contribution in [2.24, 2.45) is 0 Å². The van der Waals surface area contributed by atoms with E-state index in [4.69, 9.17) is 9.72 Å². The molecule has 2 aromatic carbocycles. The second-order valence-corrected chi connectivity index (χ2v) is 8.44. The highest BCUT2D eigenvalue weighted by molar-refractivity contribution is 5.60. The molecule has 2 aliphatic heterocycles. The number of nitrogens with zero attached hydrogens (tertiary/aromatic N) is 3. The molecule has 1 aromatic heterocycles. The number of likely N-dealkylation sites (tertiary alicyclic amines) is 1. The van der Waals surface area contributed by atoms with Crippen molar-refractivity contribution in [3.8, 4) is 11.3 Å².